The Hall–Kier alpha value is -2.15. The van der Waals surface area contributed by atoms with Gasteiger partial charge in [0.05, 0.1) is 11.5 Å². The van der Waals surface area contributed by atoms with Gasteiger partial charge in [0.1, 0.15) is 16.5 Å². The molecule has 22 heavy (non-hydrogen) atoms. The summed E-state index contributed by atoms with van der Waals surface area (Å²) in [5.74, 6) is -0.754. The Balaban J connectivity index is 2.00. The highest BCUT2D eigenvalue weighted by Gasteiger charge is 2.33. The molecule has 0 atom stereocenters. The molecule has 5 nitrogen and oxygen atoms in total. The number of benzene rings is 1. The van der Waals surface area contributed by atoms with Gasteiger partial charge in [-0.15, -0.1) is 11.3 Å². The Morgan fingerprint density at radius 2 is 1.82 bits per heavy atom. The molecule has 7 heteroatoms. The zero-order chi connectivity index (χ0) is 15.9. The van der Waals surface area contributed by atoms with Gasteiger partial charge in [-0.2, -0.15) is 0 Å². The van der Waals surface area contributed by atoms with Gasteiger partial charge >= 0.3 is 0 Å². The monoisotopic (exact) mass is 335 g/mol. The lowest BCUT2D eigenvalue weighted by molar-refractivity contribution is 0.0985. The van der Waals surface area contributed by atoms with Crippen molar-refractivity contribution in [3.05, 3.63) is 56.4 Å². The minimum absolute atomic E-state index is 0.00727. The van der Waals surface area contributed by atoms with Crippen molar-refractivity contribution < 1.29 is 19.8 Å². The maximum Gasteiger partial charge on any atom is 0.217 e. The van der Waals surface area contributed by atoms with Crippen LogP contribution in [0, 0.1) is 0 Å². The summed E-state index contributed by atoms with van der Waals surface area (Å²) in [5.41, 5.74) is 0.755. The fraction of sp³-hybridized carbons (Fsp3) is 0.0667. The predicted molar refractivity (Wildman–Crippen MR) is 83.5 cm³/mol. The van der Waals surface area contributed by atoms with Crippen LogP contribution in [0.5, 0.6) is 5.75 Å². The second-order valence-electron chi connectivity index (χ2n) is 4.63. The molecule has 0 saturated heterocycles. The molecule has 1 aromatic carbocycles. The number of nitrogens with one attached hydrogen (secondary N) is 1. The van der Waals surface area contributed by atoms with Crippen LogP contribution in [-0.2, 0) is 6.61 Å². The molecule has 0 fully saturated rings. The van der Waals surface area contributed by atoms with E-state index >= 15 is 0 Å². The van der Waals surface area contributed by atoms with E-state index in [-0.39, 0.29) is 33.5 Å². The number of ketones is 2. The normalized spacial score (nSPS) is 14.3. The number of carbonyl (C=O) groups excluding carboxylic acids is 2. The fourth-order valence-electron chi connectivity index (χ4n) is 2.11. The Bertz CT molecular complexity index is 807. The SMILES string of the molecule is O=C1C(Nc2ccc(O)cc2)=C(Cl)C(=O)c2sc(CO)cc21. The van der Waals surface area contributed by atoms with E-state index in [4.69, 9.17) is 16.7 Å². The first-order chi connectivity index (χ1) is 10.5. The molecule has 3 rings (SSSR count). The van der Waals surface area contributed by atoms with Gasteiger partial charge in [-0.1, -0.05) is 11.6 Å². The fourth-order valence-corrected chi connectivity index (χ4v) is 3.35. The molecule has 0 unspecified atom stereocenters. The van der Waals surface area contributed by atoms with E-state index in [0.29, 0.717) is 10.6 Å². The number of halogens is 1. The highest BCUT2D eigenvalue weighted by Crippen LogP contribution is 2.34. The first-order valence-corrected chi connectivity index (χ1v) is 7.49. The van der Waals surface area contributed by atoms with Gasteiger partial charge in [0.25, 0.3) is 0 Å². The highest BCUT2D eigenvalue weighted by atomic mass is 35.5. The van der Waals surface area contributed by atoms with Gasteiger partial charge in [-0.05, 0) is 30.3 Å². The van der Waals surface area contributed by atoms with Gasteiger partial charge < -0.3 is 15.5 Å². The first kappa shape index (κ1) is 14.8. The summed E-state index contributed by atoms with van der Waals surface area (Å²) in [6.07, 6.45) is 0. The first-order valence-electron chi connectivity index (χ1n) is 6.30. The second kappa shape index (κ2) is 5.57. The lowest BCUT2D eigenvalue weighted by Gasteiger charge is -2.16. The Morgan fingerprint density at radius 1 is 1.14 bits per heavy atom. The van der Waals surface area contributed by atoms with Crippen LogP contribution in [0.4, 0.5) is 5.69 Å². The van der Waals surface area contributed by atoms with Crippen molar-refractivity contribution in [3.63, 3.8) is 0 Å². The molecular weight excluding hydrogens is 326 g/mol. The number of allylic oxidation sites excluding steroid dienone is 2. The zero-order valence-corrected chi connectivity index (χ0v) is 12.7. The maximum absolute atomic E-state index is 12.5. The van der Waals surface area contributed by atoms with Crippen LogP contribution >= 0.6 is 22.9 Å². The summed E-state index contributed by atoms with van der Waals surface area (Å²) < 4.78 is 0. The molecular formula is C15H10ClNO4S. The topological polar surface area (TPSA) is 86.6 Å². The largest absolute Gasteiger partial charge is 0.508 e. The van der Waals surface area contributed by atoms with E-state index in [1.807, 2.05) is 0 Å². The zero-order valence-electron chi connectivity index (χ0n) is 11.1. The van der Waals surface area contributed by atoms with Crippen molar-refractivity contribution in [3.8, 4) is 5.75 Å². The van der Waals surface area contributed by atoms with Crippen LogP contribution in [0.3, 0.4) is 0 Å². The summed E-state index contributed by atoms with van der Waals surface area (Å²) in [7, 11) is 0. The number of rotatable bonds is 3. The molecule has 0 aliphatic heterocycles. The van der Waals surface area contributed by atoms with E-state index in [1.165, 1.54) is 18.2 Å². The Morgan fingerprint density at radius 3 is 2.45 bits per heavy atom. The van der Waals surface area contributed by atoms with Crippen LogP contribution in [0.15, 0.2) is 41.1 Å². The molecule has 0 saturated carbocycles. The average molecular weight is 336 g/mol. The molecule has 1 aliphatic carbocycles. The smallest absolute Gasteiger partial charge is 0.217 e. The molecule has 1 aliphatic rings. The number of aromatic hydroxyl groups is 1. The predicted octanol–water partition coefficient (Wildman–Crippen LogP) is 2.89. The summed E-state index contributed by atoms with van der Waals surface area (Å²) in [6.45, 7) is -0.240. The lowest BCUT2D eigenvalue weighted by Crippen LogP contribution is -2.22. The van der Waals surface area contributed by atoms with E-state index in [2.05, 4.69) is 5.32 Å². The summed E-state index contributed by atoms with van der Waals surface area (Å²) in [5, 5.41) is 21.0. The number of hydrogen-bond donors (Lipinski definition) is 3. The lowest BCUT2D eigenvalue weighted by atomic mass is 9.99. The molecule has 2 aromatic rings. The number of aliphatic hydroxyl groups excluding tert-OH is 1. The molecule has 3 N–H and O–H groups in total. The van der Waals surface area contributed by atoms with Gasteiger partial charge in [-0.25, -0.2) is 0 Å². The minimum Gasteiger partial charge on any atom is -0.508 e. The number of fused-ring (bicyclic) bond motifs is 1. The highest BCUT2D eigenvalue weighted by molar-refractivity contribution is 7.15. The minimum atomic E-state index is -0.442. The summed E-state index contributed by atoms with van der Waals surface area (Å²) in [6, 6.07) is 7.53. The van der Waals surface area contributed by atoms with Crippen molar-refractivity contribution in [2.75, 3.05) is 5.32 Å². The number of phenolic OH excluding ortho intramolecular Hbond substituents is 1. The van der Waals surface area contributed by atoms with Gasteiger partial charge in [0.2, 0.25) is 11.6 Å². The van der Waals surface area contributed by atoms with Gasteiger partial charge in [-0.3, -0.25) is 9.59 Å². The van der Waals surface area contributed by atoms with E-state index in [0.717, 1.165) is 11.3 Å². The molecule has 112 valence electrons. The molecule has 0 radical (unpaired) electrons. The number of carbonyl (C=O) groups is 2. The van der Waals surface area contributed by atoms with E-state index < -0.39 is 11.6 Å². The number of hydrogen-bond acceptors (Lipinski definition) is 6. The van der Waals surface area contributed by atoms with Crippen molar-refractivity contribution in [2.45, 2.75) is 6.61 Å². The third kappa shape index (κ3) is 2.41. The second-order valence-corrected chi connectivity index (χ2v) is 6.15. The number of anilines is 1. The van der Waals surface area contributed by atoms with Crippen molar-refractivity contribution >= 4 is 40.2 Å². The number of aliphatic hydroxyl groups is 1. The van der Waals surface area contributed by atoms with Crippen molar-refractivity contribution in [1.82, 2.24) is 0 Å². The van der Waals surface area contributed by atoms with E-state index in [1.54, 1.807) is 12.1 Å². The van der Waals surface area contributed by atoms with Gasteiger partial charge in [0, 0.05) is 16.1 Å². The van der Waals surface area contributed by atoms with Crippen LogP contribution < -0.4 is 5.32 Å². The molecule has 1 aromatic heterocycles. The maximum atomic E-state index is 12.5. The molecule has 0 bridgehead atoms. The number of Topliss-reactive ketones (excluding diaryl/α,β-unsaturated/α-hetero) is 2. The van der Waals surface area contributed by atoms with Crippen LogP contribution in [0.1, 0.15) is 24.9 Å². The van der Waals surface area contributed by atoms with Crippen LogP contribution in [-0.4, -0.2) is 21.8 Å². The summed E-state index contributed by atoms with van der Waals surface area (Å²) >= 11 is 7.09. The number of phenols is 1. The van der Waals surface area contributed by atoms with Crippen molar-refractivity contribution in [1.29, 1.82) is 0 Å². The average Bonchev–Trinajstić information content (AvgIpc) is 2.96. The Labute approximate surface area is 134 Å². The molecule has 0 spiro atoms. The van der Waals surface area contributed by atoms with Gasteiger partial charge in [0.15, 0.2) is 0 Å². The van der Waals surface area contributed by atoms with Crippen LogP contribution in [0.2, 0.25) is 0 Å². The number of thiophene rings is 1. The Kier molecular flexibility index (Phi) is 3.74. The third-order valence-corrected chi connectivity index (χ3v) is 4.65. The summed E-state index contributed by atoms with van der Waals surface area (Å²) in [4.78, 5) is 25.5. The van der Waals surface area contributed by atoms with Crippen molar-refractivity contribution in [2.24, 2.45) is 0 Å². The van der Waals surface area contributed by atoms with E-state index in [9.17, 15) is 14.7 Å². The molecule has 1 heterocycles. The van der Waals surface area contributed by atoms with Crippen LogP contribution in [0.25, 0.3) is 0 Å². The standard InChI is InChI=1S/C15H10ClNO4S/c16-11-12(17-7-1-3-8(19)4-2-7)13(20)10-5-9(6-18)22-15(10)14(11)21/h1-5,17-19H,6H2. The quantitative estimate of drug-likeness (QED) is 0.751. The molecule has 0 amide bonds. The third-order valence-electron chi connectivity index (χ3n) is 3.17.